The van der Waals surface area contributed by atoms with Gasteiger partial charge < -0.3 is 5.11 Å². The van der Waals surface area contributed by atoms with Gasteiger partial charge in [0.25, 0.3) is 0 Å². The minimum atomic E-state index is -0.766. The quantitative estimate of drug-likeness (QED) is 0.655. The highest BCUT2D eigenvalue weighted by atomic mass is 19.1. The average molecular weight is 353 g/mol. The van der Waals surface area contributed by atoms with Crippen molar-refractivity contribution >= 4 is 5.78 Å². The van der Waals surface area contributed by atoms with Gasteiger partial charge in [0.1, 0.15) is 5.82 Å². The van der Waals surface area contributed by atoms with Gasteiger partial charge in [0.15, 0.2) is 5.78 Å². The van der Waals surface area contributed by atoms with Crippen LogP contribution in [0.2, 0.25) is 0 Å². The number of likely N-dealkylation sites (tertiary alicyclic amines) is 1. The molecule has 4 heteroatoms. The molecule has 3 nitrogen and oxygen atoms in total. The monoisotopic (exact) mass is 353 g/mol. The van der Waals surface area contributed by atoms with Crippen molar-refractivity contribution in [1.29, 1.82) is 0 Å². The lowest BCUT2D eigenvalue weighted by Gasteiger charge is -2.38. The highest BCUT2D eigenvalue weighted by Crippen LogP contribution is 2.32. The molecule has 0 aliphatic carbocycles. The van der Waals surface area contributed by atoms with Crippen molar-refractivity contribution in [2.24, 2.45) is 0 Å². The van der Waals surface area contributed by atoms with Crippen LogP contribution in [0.25, 0.3) is 0 Å². The third kappa shape index (κ3) is 4.45. The average Bonchev–Trinajstić information content (AvgIpc) is 2.64. The van der Waals surface area contributed by atoms with E-state index < -0.39 is 5.60 Å². The predicted octanol–water partition coefficient (Wildman–Crippen LogP) is 3.86. The van der Waals surface area contributed by atoms with E-state index >= 15 is 0 Å². The van der Waals surface area contributed by atoms with Gasteiger partial charge >= 0.3 is 0 Å². The summed E-state index contributed by atoms with van der Waals surface area (Å²) >= 11 is 0. The predicted molar refractivity (Wildman–Crippen MR) is 101 cm³/mol. The zero-order chi connectivity index (χ0) is 18.6. The molecule has 0 spiro atoms. The lowest BCUT2D eigenvalue weighted by molar-refractivity contribution is -0.0234. The summed E-state index contributed by atoms with van der Waals surface area (Å²) in [5.74, 6) is -0.474. The first kappa shape index (κ1) is 18.5. The fraction of sp³-hybridized carbons (Fsp3) is 0.318. The van der Waals surface area contributed by atoms with Crippen molar-refractivity contribution in [2.45, 2.75) is 25.4 Å². The van der Waals surface area contributed by atoms with Gasteiger partial charge in [-0.3, -0.25) is 9.69 Å². The number of hydrogen-bond acceptors (Lipinski definition) is 3. The summed E-state index contributed by atoms with van der Waals surface area (Å²) in [6.07, 6.45) is 4.72. The van der Waals surface area contributed by atoms with E-state index in [-0.39, 0.29) is 11.6 Å². The smallest absolute Gasteiger partial charge is 0.185 e. The van der Waals surface area contributed by atoms with Gasteiger partial charge in [0, 0.05) is 25.2 Å². The first-order valence-electron chi connectivity index (χ1n) is 8.95. The second-order valence-electron chi connectivity index (χ2n) is 6.97. The van der Waals surface area contributed by atoms with Crippen molar-refractivity contribution in [3.63, 3.8) is 0 Å². The fourth-order valence-corrected chi connectivity index (χ4v) is 3.28. The Morgan fingerprint density at radius 3 is 2.35 bits per heavy atom. The molecule has 2 aromatic rings. The standard InChI is InChI=1S/C22H24FNO2/c1-17-4-8-19(9-5-17)22(26)12-15-24(16-13-22)14-2-3-21(25)18-6-10-20(23)11-7-18/h2-11,26H,12-16H2,1H3. The Hall–Kier alpha value is -2.30. The van der Waals surface area contributed by atoms with E-state index in [9.17, 15) is 14.3 Å². The molecule has 0 unspecified atom stereocenters. The van der Waals surface area contributed by atoms with E-state index in [0.717, 1.165) is 18.7 Å². The third-order valence-corrected chi connectivity index (χ3v) is 5.03. The van der Waals surface area contributed by atoms with Crippen LogP contribution in [0, 0.1) is 12.7 Å². The number of aliphatic hydroxyl groups is 1. The molecule has 0 radical (unpaired) electrons. The molecular weight excluding hydrogens is 329 g/mol. The zero-order valence-corrected chi connectivity index (χ0v) is 15.0. The number of aryl methyl sites for hydroxylation is 1. The van der Waals surface area contributed by atoms with Crippen LogP contribution < -0.4 is 0 Å². The zero-order valence-electron chi connectivity index (χ0n) is 15.0. The number of benzene rings is 2. The topological polar surface area (TPSA) is 40.5 Å². The fourth-order valence-electron chi connectivity index (χ4n) is 3.28. The van der Waals surface area contributed by atoms with Crippen molar-refractivity contribution in [1.82, 2.24) is 4.90 Å². The third-order valence-electron chi connectivity index (χ3n) is 5.03. The second-order valence-corrected chi connectivity index (χ2v) is 6.97. The molecule has 1 aliphatic heterocycles. The molecular formula is C22H24FNO2. The second kappa shape index (κ2) is 7.94. The van der Waals surface area contributed by atoms with Crippen LogP contribution >= 0.6 is 0 Å². The summed E-state index contributed by atoms with van der Waals surface area (Å²) < 4.78 is 12.9. The van der Waals surface area contributed by atoms with Crippen LogP contribution in [0.15, 0.2) is 60.7 Å². The molecule has 1 saturated heterocycles. The molecule has 1 heterocycles. The van der Waals surface area contributed by atoms with E-state index in [1.54, 1.807) is 0 Å². The number of carbonyl (C=O) groups excluding carboxylic acids is 1. The van der Waals surface area contributed by atoms with Crippen LogP contribution in [-0.4, -0.2) is 35.4 Å². The number of nitrogens with zero attached hydrogens (tertiary/aromatic N) is 1. The van der Waals surface area contributed by atoms with Crippen molar-refractivity contribution in [2.75, 3.05) is 19.6 Å². The molecule has 0 bridgehead atoms. The maximum atomic E-state index is 12.9. The number of halogens is 1. The number of hydrogen-bond donors (Lipinski definition) is 1. The van der Waals surface area contributed by atoms with Crippen LogP contribution in [-0.2, 0) is 5.60 Å². The maximum absolute atomic E-state index is 12.9. The highest BCUT2D eigenvalue weighted by molar-refractivity contribution is 6.04. The summed E-state index contributed by atoms with van der Waals surface area (Å²) in [6, 6.07) is 13.6. The molecule has 0 atom stereocenters. The first-order valence-corrected chi connectivity index (χ1v) is 8.95. The summed E-state index contributed by atoms with van der Waals surface area (Å²) in [4.78, 5) is 14.3. The van der Waals surface area contributed by atoms with Crippen LogP contribution in [0.5, 0.6) is 0 Å². The molecule has 0 amide bonds. The van der Waals surface area contributed by atoms with Crippen molar-refractivity contribution < 1.29 is 14.3 Å². The van der Waals surface area contributed by atoms with E-state index in [2.05, 4.69) is 4.90 Å². The minimum absolute atomic E-state index is 0.127. The summed E-state index contributed by atoms with van der Waals surface area (Å²) in [6.45, 7) is 4.26. The van der Waals surface area contributed by atoms with E-state index in [4.69, 9.17) is 0 Å². The molecule has 0 aromatic heterocycles. The Kier molecular flexibility index (Phi) is 5.64. The molecule has 2 aromatic carbocycles. The van der Waals surface area contributed by atoms with Gasteiger partial charge in [0.05, 0.1) is 5.60 Å². The normalized spacial score (nSPS) is 17.5. The molecule has 136 valence electrons. The molecule has 1 N–H and O–H groups in total. The van der Waals surface area contributed by atoms with Crippen LogP contribution in [0.4, 0.5) is 4.39 Å². The molecule has 1 aliphatic rings. The van der Waals surface area contributed by atoms with Gasteiger partial charge in [0.2, 0.25) is 0 Å². The van der Waals surface area contributed by atoms with Crippen molar-refractivity contribution in [3.05, 3.63) is 83.2 Å². The number of piperidine rings is 1. The largest absolute Gasteiger partial charge is 0.385 e. The molecule has 26 heavy (non-hydrogen) atoms. The Morgan fingerprint density at radius 2 is 1.73 bits per heavy atom. The minimum Gasteiger partial charge on any atom is -0.385 e. The molecule has 0 saturated carbocycles. The Morgan fingerprint density at radius 1 is 1.12 bits per heavy atom. The number of rotatable bonds is 5. The Bertz CT molecular complexity index is 773. The number of carbonyl (C=O) groups is 1. The van der Waals surface area contributed by atoms with Gasteiger partial charge in [-0.1, -0.05) is 35.9 Å². The summed E-state index contributed by atoms with van der Waals surface area (Å²) in [7, 11) is 0. The van der Waals surface area contributed by atoms with Gasteiger partial charge in [-0.05, 0) is 55.7 Å². The van der Waals surface area contributed by atoms with E-state index in [1.165, 1.54) is 35.9 Å². The lowest BCUT2D eigenvalue weighted by atomic mass is 9.84. The number of ketones is 1. The van der Waals surface area contributed by atoms with Gasteiger partial charge in [-0.25, -0.2) is 4.39 Å². The van der Waals surface area contributed by atoms with Gasteiger partial charge in [-0.15, -0.1) is 0 Å². The van der Waals surface area contributed by atoms with Crippen molar-refractivity contribution in [3.8, 4) is 0 Å². The summed E-state index contributed by atoms with van der Waals surface area (Å²) in [5.41, 5.74) is 1.88. The highest BCUT2D eigenvalue weighted by Gasteiger charge is 2.33. The number of allylic oxidation sites excluding steroid dienone is 1. The van der Waals surface area contributed by atoms with E-state index in [0.29, 0.717) is 24.9 Å². The van der Waals surface area contributed by atoms with E-state index in [1.807, 2.05) is 37.3 Å². The summed E-state index contributed by atoms with van der Waals surface area (Å²) in [5, 5.41) is 10.9. The van der Waals surface area contributed by atoms with Gasteiger partial charge in [-0.2, -0.15) is 0 Å². The lowest BCUT2D eigenvalue weighted by Crippen LogP contribution is -2.42. The first-order chi connectivity index (χ1) is 12.5. The SMILES string of the molecule is Cc1ccc(C2(O)CCN(CC=CC(=O)c3ccc(F)cc3)CC2)cc1. The Balaban J connectivity index is 1.51. The molecule has 1 fully saturated rings. The van der Waals surface area contributed by atoms with Crippen LogP contribution in [0.1, 0.15) is 34.3 Å². The Labute approximate surface area is 153 Å². The molecule has 3 rings (SSSR count). The van der Waals surface area contributed by atoms with Crippen LogP contribution in [0.3, 0.4) is 0 Å². The maximum Gasteiger partial charge on any atom is 0.185 e.